The van der Waals surface area contributed by atoms with Gasteiger partial charge in [-0.15, -0.1) is 0 Å². The lowest BCUT2D eigenvalue weighted by Gasteiger charge is -2.38. The maximum atomic E-state index is 12.8. The zero-order valence-electron chi connectivity index (χ0n) is 11.2. The van der Waals surface area contributed by atoms with Crippen LogP contribution in [0.2, 0.25) is 0 Å². The van der Waals surface area contributed by atoms with Gasteiger partial charge < -0.3 is 15.7 Å². The summed E-state index contributed by atoms with van der Waals surface area (Å²) in [5.74, 6) is 0.224. The molecule has 0 amide bonds. The number of hydrogen-bond donors (Lipinski definition) is 2. The van der Waals surface area contributed by atoms with Crippen LogP contribution < -0.4 is 10.6 Å². The van der Waals surface area contributed by atoms with E-state index in [-0.39, 0.29) is 18.9 Å². The number of pyridine rings is 1. The van der Waals surface area contributed by atoms with Crippen LogP contribution in [-0.4, -0.2) is 28.8 Å². The van der Waals surface area contributed by atoms with Crippen LogP contribution >= 0.6 is 0 Å². The van der Waals surface area contributed by atoms with Crippen molar-refractivity contribution >= 4 is 5.82 Å². The molecule has 3 N–H and O–H groups in total. The van der Waals surface area contributed by atoms with Crippen LogP contribution in [0.5, 0.6) is 0 Å². The Bertz CT molecular complexity index is 488. The van der Waals surface area contributed by atoms with Gasteiger partial charge in [-0.1, -0.05) is 6.07 Å². The summed E-state index contributed by atoms with van der Waals surface area (Å²) in [5, 5.41) is 10.1. The third-order valence-electron chi connectivity index (χ3n) is 3.44. The topological polar surface area (TPSA) is 62.4 Å². The Labute approximate surface area is 115 Å². The van der Waals surface area contributed by atoms with Crippen molar-refractivity contribution in [1.82, 2.24) is 4.98 Å². The largest absolute Gasteiger partial charge is 0.433 e. The Morgan fingerprint density at radius 1 is 1.45 bits per heavy atom. The van der Waals surface area contributed by atoms with Crippen molar-refractivity contribution in [2.75, 3.05) is 18.0 Å². The fourth-order valence-electron chi connectivity index (χ4n) is 2.47. The van der Waals surface area contributed by atoms with Gasteiger partial charge in [0.25, 0.3) is 0 Å². The molecule has 2 heterocycles. The Kier molecular flexibility index (Phi) is 3.93. The maximum Gasteiger partial charge on any atom is 0.433 e. The smallest absolute Gasteiger partial charge is 0.388 e. The number of aromatic nitrogens is 1. The molecule has 1 aromatic heterocycles. The van der Waals surface area contributed by atoms with Gasteiger partial charge in [-0.25, -0.2) is 4.98 Å². The number of nitrogens with two attached hydrogens (primary N) is 1. The quantitative estimate of drug-likeness (QED) is 0.873. The summed E-state index contributed by atoms with van der Waals surface area (Å²) in [6.45, 7) is 2.61. The van der Waals surface area contributed by atoms with Gasteiger partial charge >= 0.3 is 6.18 Å². The van der Waals surface area contributed by atoms with Crippen LogP contribution in [0.1, 0.15) is 31.0 Å². The van der Waals surface area contributed by atoms with E-state index in [2.05, 4.69) is 4.98 Å². The first-order valence-corrected chi connectivity index (χ1v) is 6.47. The second-order valence-corrected chi connectivity index (χ2v) is 5.40. The first-order chi connectivity index (χ1) is 9.23. The van der Waals surface area contributed by atoms with Crippen LogP contribution in [-0.2, 0) is 12.7 Å². The molecule has 0 saturated carbocycles. The maximum absolute atomic E-state index is 12.8. The van der Waals surface area contributed by atoms with E-state index < -0.39 is 17.5 Å². The molecule has 0 aromatic carbocycles. The summed E-state index contributed by atoms with van der Waals surface area (Å²) in [4.78, 5) is 5.40. The van der Waals surface area contributed by atoms with Gasteiger partial charge in [0, 0.05) is 25.2 Å². The number of β-amino-alcohol motifs (C(OH)–C–C–N with tert-alkyl or cyclic N) is 1. The molecule has 1 aromatic rings. The van der Waals surface area contributed by atoms with Gasteiger partial charge in [-0.3, -0.25) is 0 Å². The molecule has 1 atom stereocenters. The van der Waals surface area contributed by atoms with Gasteiger partial charge in [0.15, 0.2) is 0 Å². The molecule has 4 nitrogen and oxygen atoms in total. The summed E-state index contributed by atoms with van der Waals surface area (Å²) in [6.07, 6.45) is -3.16. The molecule has 1 unspecified atom stereocenters. The highest BCUT2D eigenvalue weighted by molar-refractivity contribution is 5.49. The molecule has 20 heavy (non-hydrogen) atoms. The SMILES string of the molecule is CC1(O)CCCN(c2nc(C(F)(F)F)ccc2CN)C1. The third-order valence-corrected chi connectivity index (χ3v) is 3.44. The molecule has 1 fully saturated rings. The number of halogens is 3. The zero-order chi connectivity index (χ0) is 15.0. The number of anilines is 1. The molecular formula is C13H18F3N3O. The van der Waals surface area contributed by atoms with E-state index in [1.54, 1.807) is 11.8 Å². The summed E-state index contributed by atoms with van der Waals surface area (Å²) in [6, 6.07) is 2.29. The molecular weight excluding hydrogens is 271 g/mol. The average molecular weight is 289 g/mol. The first-order valence-electron chi connectivity index (χ1n) is 6.47. The molecule has 1 saturated heterocycles. The molecule has 1 aliphatic rings. The van der Waals surface area contributed by atoms with E-state index in [9.17, 15) is 18.3 Å². The van der Waals surface area contributed by atoms with Gasteiger partial charge in [-0.05, 0) is 25.8 Å². The highest BCUT2D eigenvalue weighted by Gasteiger charge is 2.35. The molecule has 112 valence electrons. The van der Waals surface area contributed by atoms with Gasteiger partial charge in [0.05, 0.1) is 5.60 Å². The third kappa shape index (κ3) is 3.21. The molecule has 2 rings (SSSR count). The normalized spacial score (nSPS) is 24.0. The van der Waals surface area contributed by atoms with E-state index in [4.69, 9.17) is 5.73 Å². The van der Waals surface area contributed by atoms with Crippen LogP contribution in [0.15, 0.2) is 12.1 Å². The number of nitrogens with zero attached hydrogens (tertiary/aromatic N) is 2. The van der Waals surface area contributed by atoms with Gasteiger partial charge in [-0.2, -0.15) is 13.2 Å². The molecule has 7 heteroatoms. The summed E-state index contributed by atoms with van der Waals surface area (Å²) >= 11 is 0. The van der Waals surface area contributed by atoms with E-state index in [0.29, 0.717) is 24.9 Å². The Morgan fingerprint density at radius 2 is 2.15 bits per heavy atom. The number of piperidine rings is 1. The lowest BCUT2D eigenvalue weighted by molar-refractivity contribution is -0.141. The predicted octanol–water partition coefficient (Wildman–Crippen LogP) is 1.91. The zero-order valence-corrected chi connectivity index (χ0v) is 11.2. The molecule has 0 radical (unpaired) electrons. The summed E-state index contributed by atoms with van der Waals surface area (Å²) in [7, 11) is 0. The number of rotatable bonds is 2. The van der Waals surface area contributed by atoms with Crippen molar-refractivity contribution in [1.29, 1.82) is 0 Å². The highest BCUT2D eigenvalue weighted by Crippen LogP contribution is 2.32. The second kappa shape index (κ2) is 5.21. The van der Waals surface area contributed by atoms with E-state index in [0.717, 1.165) is 6.07 Å². The minimum Gasteiger partial charge on any atom is -0.388 e. The molecule has 1 aliphatic heterocycles. The van der Waals surface area contributed by atoms with Crippen molar-refractivity contribution in [3.8, 4) is 0 Å². The number of alkyl halides is 3. The summed E-state index contributed by atoms with van der Waals surface area (Å²) in [5.41, 5.74) is 4.27. The van der Waals surface area contributed by atoms with Crippen molar-refractivity contribution in [3.63, 3.8) is 0 Å². The Balaban J connectivity index is 2.38. The van der Waals surface area contributed by atoms with Crippen LogP contribution in [0.3, 0.4) is 0 Å². The Hall–Kier alpha value is -1.34. The van der Waals surface area contributed by atoms with Crippen LogP contribution in [0, 0.1) is 0 Å². The number of hydrogen-bond acceptors (Lipinski definition) is 4. The molecule has 0 spiro atoms. The lowest BCUT2D eigenvalue weighted by Crippen LogP contribution is -2.47. The molecule has 0 bridgehead atoms. The van der Waals surface area contributed by atoms with Crippen LogP contribution in [0.4, 0.5) is 19.0 Å². The average Bonchev–Trinajstić information content (AvgIpc) is 2.35. The summed E-state index contributed by atoms with van der Waals surface area (Å²) < 4.78 is 38.3. The van der Waals surface area contributed by atoms with Gasteiger partial charge in [0.2, 0.25) is 0 Å². The van der Waals surface area contributed by atoms with Crippen molar-refractivity contribution < 1.29 is 18.3 Å². The van der Waals surface area contributed by atoms with E-state index in [1.807, 2.05) is 0 Å². The van der Waals surface area contributed by atoms with E-state index >= 15 is 0 Å². The highest BCUT2D eigenvalue weighted by atomic mass is 19.4. The van der Waals surface area contributed by atoms with Gasteiger partial charge in [0.1, 0.15) is 11.5 Å². The molecule has 0 aliphatic carbocycles. The Morgan fingerprint density at radius 3 is 2.70 bits per heavy atom. The van der Waals surface area contributed by atoms with Crippen LogP contribution in [0.25, 0.3) is 0 Å². The first kappa shape index (κ1) is 15.1. The predicted molar refractivity (Wildman–Crippen MR) is 69.2 cm³/mol. The lowest BCUT2D eigenvalue weighted by atomic mass is 9.95. The standard InChI is InChI=1S/C13H18F3N3O/c1-12(20)5-2-6-19(8-12)11-9(7-17)3-4-10(18-11)13(14,15)16/h3-4,20H,2,5-8,17H2,1H3. The van der Waals surface area contributed by atoms with Crippen molar-refractivity contribution in [2.45, 2.75) is 38.1 Å². The minimum absolute atomic E-state index is 0.110. The second-order valence-electron chi connectivity index (χ2n) is 5.40. The minimum atomic E-state index is -4.49. The fourth-order valence-corrected chi connectivity index (χ4v) is 2.47. The van der Waals surface area contributed by atoms with Crippen molar-refractivity contribution in [3.05, 3.63) is 23.4 Å². The van der Waals surface area contributed by atoms with Crippen molar-refractivity contribution in [2.24, 2.45) is 5.73 Å². The fraction of sp³-hybridized carbons (Fsp3) is 0.615. The van der Waals surface area contributed by atoms with E-state index in [1.165, 1.54) is 6.07 Å². The monoisotopic (exact) mass is 289 g/mol. The number of aliphatic hydroxyl groups is 1.